The predicted molar refractivity (Wildman–Crippen MR) is 67.9 cm³/mol. The highest BCUT2D eigenvalue weighted by Gasteiger charge is 2.48. The van der Waals surface area contributed by atoms with Crippen molar-refractivity contribution in [2.45, 2.75) is 12.4 Å². The highest BCUT2D eigenvalue weighted by molar-refractivity contribution is 7.88. The summed E-state index contributed by atoms with van der Waals surface area (Å²) in [7, 11) is -5.70. The fourth-order valence-corrected chi connectivity index (χ4v) is 2.66. The summed E-state index contributed by atoms with van der Waals surface area (Å²) in [4.78, 5) is 4.10. The third kappa shape index (κ3) is 2.93. The average molecular weight is 323 g/mol. The minimum Gasteiger partial charge on any atom is -0.375 e. The minimum atomic E-state index is -5.70. The second-order valence-corrected chi connectivity index (χ2v) is 6.17. The fraction of sp³-hybridized carbons (Fsp3) is 0.182. The molecule has 0 saturated carbocycles. The van der Waals surface area contributed by atoms with E-state index in [0.29, 0.717) is 10.7 Å². The van der Waals surface area contributed by atoms with Crippen LogP contribution in [0.2, 0.25) is 0 Å². The van der Waals surface area contributed by atoms with Crippen LogP contribution in [0.15, 0.2) is 29.6 Å². The number of aromatic nitrogens is 1. The maximum Gasteiger partial charge on any atom is 0.534 e. The minimum absolute atomic E-state index is 0.193. The number of aryl methyl sites for hydroxylation is 1. The van der Waals surface area contributed by atoms with E-state index >= 15 is 0 Å². The number of alkyl halides is 3. The van der Waals surface area contributed by atoms with Crippen molar-refractivity contribution >= 4 is 21.5 Å². The Bertz CT molecular complexity index is 723. The number of rotatable bonds is 3. The lowest BCUT2D eigenvalue weighted by molar-refractivity contribution is -0.0499. The number of halogens is 3. The van der Waals surface area contributed by atoms with Gasteiger partial charge < -0.3 is 4.18 Å². The van der Waals surface area contributed by atoms with Gasteiger partial charge in [-0.1, -0.05) is 12.1 Å². The van der Waals surface area contributed by atoms with Gasteiger partial charge in [-0.05, 0) is 19.1 Å². The Morgan fingerprint density at radius 3 is 2.45 bits per heavy atom. The molecule has 0 spiro atoms. The number of hydrogen-bond donors (Lipinski definition) is 0. The van der Waals surface area contributed by atoms with Crippen molar-refractivity contribution in [3.8, 4) is 16.3 Å². The molecule has 0 aliphatic carbocycles. The van der Waals surface area contributed by atoms with Gasteiger partial charge in [0.25, 0.3) is 0 Å². The summed E-state index contributed by atoms with van der Waals surface area (Å²) >= 11 is 1.18. The molecular formula is C11H8F3NO3S2. The van der Waals surface area contributed by atoms with Gasteiger partial charge >= 0.3 is 15.6 Å². The topological polar surface area (TPSA) is 56.3 Å². The molecule has 0 saturated heterocycles. The van der Waals surface area contributed by atoms with Crippen molar-refractivity contribution in [2.75, 3.05) is 0 Å². The zero-order chi connectivity index (χ0) is 15.0. The highest BCUT2D eigenvalue weighted by Crippen LogP contribution is 2.35. The van der Waals surface area contributed by atoms with E-state index in [0.717, 1.165) is 6.07 Å². The van der Waals surface area contributed by atoms with Crippen LogP contribution in [-0.2, 0) is 10.1 Å². The first-order valence-electron chi connectivity index (χ1n) is 5.23. The summed E-state index contributed by atoms with van der Waals surface area (Å²) in [6.45, 7) is 1.72. The first kappa shape index (κ1) is 14.8. The molecule has 1 aromatic heterocycles. The normalized spacial score (nSPS) is 12.4. The molecule has 0 radical (unpaired) electrons. The zero-order valence-corrected chi connectivity index (χ0v) is 11.6. The van der Waals surface area contributed by atoms with Crippen LogP contribution in [0.1, 0.15) is 5.69 Å². The van der Waals surface area contributed by atoms with E-state index in [-0.39, 0.29) is 5.56 Å². The van der Waals surface area contributed by atoms with Gasteiger partial charge in [-0.25, -0.2) is 4.98 Å². The molecule has 0 bridgehead atoms. The van der Waals surface area contributed by atoms with Gasteiger partial charge in [-0.2, -0.15) is 21.6 Å². The molecular weight excluding hydrogens is 315 g/mol. The van der Waals surface area contributed by atoms with Crippen LogP contribution >= 0.6 is 11.3 Å². The molecule has 2 aromatic rings. The van der Waals surface area contributed by atoms with Crippen LogP contribution in [0.5, 0.6) is 5.75 Å². The molecule has 0 N–H and O–H groups in total. The van der Waals surface area contributed by atoms with Crippen LogP contribution < -0.4 is 4.18 Å². The van der Waals surface area contributed by atoms with Crippen molar-refractivity contribution < 1.29 is 25.8 Å². The Morgan fingerprint density at radius 2 is 1.90 bits per heavy atom. The Morgan fingerprint density at radius 1 is 1.25 bits per heavy atom. The molecule has 1 heterocycles. The Kier molecular flexibility index (Phi) is 3.74. The van der Waals surface area contributed by atoms with E-state index in [9.17, 15) is 21.6 Å². The lowest BCUT2D eigenvalue weighted by atomic mass is 10.2. The molecule has 9 heteroatoms. The number of nitrogens with zero attached hydrogens (tertiary/aromatic N) is 1. The van der Waals surface area contributed by atoms with Gasteiger partial charge in [-0.15, -0.1) is 11.3 Å². The van der Waals surface area contributed by atoms with Crippen molar-refractivity contribution in [2.24, 2.45) is 0 Å². The maximum absolute atomic E-state index is 12.3. The van der Waals surface area contributed by atoms with Gasteiger partial charge in [0.05, 0.1) is 5.56 Å². The van der Waals surface area contributed by atoms with Crippen molar-refractivity contribution in [3.05, 3.63) is 35.3 Å². The molecule has 4 nitrogen and oxygen atoms in total. The third-order valence-electron chi connectivity index (χ3n) is 2.22. The molecule has 0 amide bonds. The van der Waals surface area contributed by atoms with Crippen molar-refractivity contribution in [1.82, 2.24) is 4.98 Å². The summed E-state index contributed by atoms with van der Waals surface area (Å²) in [5.74, 6) is -0.404. The SMILES string of the molecule is Cc1csc(-c2ccccc2OS(=O)(=O)C(F)(F)F)n1. The van der Waals surface area contributed by atoms with Gasteiger partial charge in [0, 0.05) is 11.1 Å². The van der Waals surface area contributed by atoms with Crippen LogP contribution in [0.4, 0.5) is 13.2 Å². The van der Waals surface area contributed by atoms with E-state index < -0.39 is 21.4 Å². The molecule has 20 heavy (non-hydrogen) atoms. The molecule has 0 unspecified atom stereocenters. The quantitative estimate of drug-likeness (QED) is 0.642. The first-order valence-corrected chi connectivity index (χ1v) is 7.52. The highest BCUT2D eigenvalue weighted by atomic mass is 32.2. The van der Waals surface area contributed by atoms with Crippen LogP contribution in [0.25, 0.3) is 10.6 Å². The predicted octanol–water partition coefficient (Wildman–Crippen LogP) is 3.35. The summed E-state index contributed by atoms with van der Waals surface area (Å²) in [6.07, 6.45) is 0. The Balaban J connectivity index is 2.45. The lowest BCUT2D eigenvalue weighted by Crippen LogP contribution is -2.28. The molecule has 1 aromatic carbocycles. The molecule has 2 rings (SSSR count). The summed E-state index contributed by atoms with van der Waals surface area (Å²) in [5, 5.41) is 2.08. The first-order chi connectivity index (χ1) is 9.21. The second kappa shape index (κ2) is 5.06. The molecule has 0 aliphatic heterocycles. The van der Waals surface area contributed by atoms with Gasteiger partial charge in [0.15, 0.2) is 5.75 Å². The van der Waals surface area contributed by atoms with E-state index in [4.69, 9.17) is 0 Å². The maximum atomic E-state index is 12.3. The summed E-state index contributed by atoms with van der Waals surface area (Å²) < 4.78 is 63.3. The molecule has 0 aliphatic rings. The number of benzene rings is 1. The zero-order valence-electron chi connectivity index (χ0n) is 10.0. The van der Waals surface area contributed by atoms with Crippen molar-refractivity contribution in [3.63, 3.8) is 0 Å². The third-order valence-corrected chi connectivity index (χ3v) is 4.18. The van der Waals surface area contributed by atoms with Gasteiger partial charge in [0.1, 0.15) is 5.01 Å². The Labute approximate surface area is 117 Å². The number of thiazole rings is 1. The molecule has 0 atom stereocenters. The van der Waals surface area contributed by atoms with E-state index in [1.54, 1.807) is 18.4 Å². The number of para-hydroxylation sites is 1. The molecule has 108 valence electrons. The standard InChI is InChI=1S/C11H8F3NO3S2/c1-7-6-19-10(15-7)8-4-2-3-5-9(8)18-20(16,17)11(12,13)14/h2-6H,1H3. The largest absolute Gasteiger partial charge is 0.534 e. The molecule has 0 fully saturated rings. The van der Waals surface area contributed by atoms with Crippen LogP contribution in [0, 0.1) is 6.92 Å². The van der Waals surface area contributed by atoms with Gasteiger partial charge in [0.2, 0.25) is 0 Å². The smallest absolute Gasteiger partial charge is 0.375 e. The van der Waals surface area contributed by atoms with E-state index in [2.05, 4.69) is 9.17 Å². The Hall–Kier alpha value is -1.61. The van der Waals surface area contributed by atoms with E-state index in [1.165, 1.54) is 23.5 Å². The summed E-state index contributed by atoms with van der Waals surface area (Å²) in [5.41, 5.74) is -4.60. The lowest BCUT2D eigenvalue weighted by Gasteiger charge is -2.11. The average Bonchev–Trinajstić information content (AvgIpc) is 2.74. The summed E-state index contributed by atoms with van der Waals surface area (Å²) in [6, 6.07) is 5.53. The fourth-order valence-electron chi connectivity index (χ4n) is 1.36. The number of hydrogen-bond acceptors (Lipinski definition) is 5. The van der Waals surface area contributed by atoms with E-state index in [1.807, 2.05) is 0 Å². The monoisotopic (exact) mass is 323 g/mol. The van der Waals surface area contributed by atoms with Crippen LogP contribution in [-0.4, -0.2) is 18.9 Å². The second-order valence-electron chi connectivity index (χ2n) is 3.77. The van der Waals surface area contributed by atoms with Gasteiger partial charge in [-0.3, -0.25) is 0 Å². The van der Waals surface area contributed by atoms with Crippen LogP contribution in [0.3, 0.4) is 0 Å². The van der Waals surface area contributed by atoms with Crippen molar-refractivity contribution in [1.29, 1.82) is 0 Å².